The second-order valence-corrected chi connectivity index (χ2v) is 9.55. The van der Waals surface area contributed by atoms with Gasteiger partial charge in [-0.2, -0.15) is 0 Å². The average Bonchev–Trinajstić information content (AvgIpc) is 2.50. The van der Waals surface area contributed by atoms with Crippen LogP contribution in [0.15, 0.2) is 4.99 Å². The zero-order valence-corrected chi connectivity index (χ0v) is 16.8. The van der Waals surface area contributed by atoms with E-state index in [1.165, 1.54) is 6.42 Å². The molecule has 1 aliphatic carbocycles. The summed E-state index contributed by atoms with van der Waals surface area (Å²) in [5.41, 5.74) is 0. The summed E-state index contributed by atoms with van der Waals surface area (Å²) < 4.78 is 26.8. The van der Waals surface area contributed by atoms with Crippen LogP contribution in [0.4, 0.5) is 0 Å². The first-order valence-corrected chi connectivity index (χ1v) is 11.2. The molecule has 7 nitrogen and oxygen atoms in total. The highest BCUT2D eigenvalue weighted by molar-refractivity contribution is 7.89. The van der Waals surface area contributed by atoms with Crippen molar-refractivity contribution in [3.05, 3.63) is 0 Å². The fourth-order valence-corrected chi connectivity index (χ4v) is 4.31. The molecule has 25 heavy (non-hydrogen) atoms. The molecule has 0 bridgehead atoms. The van der Waals surface area contributed by atoms with Crippen LogP contribution in [0.2, 0.25) is 0 Å². The van der Waals surface area contributed by atoms with Crippen LogP contribution in [0.25, 0.3) is 0 Å². The lowest BCUT2D eigenvalue weighted by molar-refractivity contribution is 0.164. The monoisotopic (exact) mass is 373 g/mol. The minimum atomic E-state index is -3.20. The predicted molar refractivity (Wildman–Crippen MR) is 103 cm³/mol. The van der Waals surface area contributed by atoms with Crippen LogP contribution in [0.3, 0.4) is 0 Å². The first-order valence-electron chi connectivity index (χ1n) is 9.55. The molecular formula is C17H35N5O2S. The van der Waals surface area contributed by atoms with E-state index in [9.17, 15) is 8.42 Å². The lowest BCUT2D eigenvalue weighted by Gasteiger charge is -2.37. The quantitative estimate of drug-likeness (QED) is 0.480. The second-order valence-electron chi connectivity index (χ2n) is 7.62. The Morgan fingerprint density at radius 2 is 1.88 bits per heavy atom. The molecular weight excluding hydrogens is 338 g/mol. The van der Waals surface area contributed by atoms with E-state index in [2.05, 4.69) is 38.7 Å². The molecule has 0 aromatic rings. The molecule has 2 N–H and O–H groups in total. The van der Waals surface area contributed by atoms with E-state index >= 15 is 0 Å². The number of nitrogens with zero attached hydrogens (tertiary/aromatic N) is 3. The van der Waals surface area contributed by atoms with Gasteiger partial charge in [0.05, 0.1) is 5.75 Å². The van der Waals surface area contributed by atoms with E-state index in [4.69, 9.17) is 0 Å². The molecule has 1 heterocycles. The van der Waals surface area contributed by atoms with Crippen LogP contribution in [0, 0.1) is 11.8 Å². The summed E-state index contributed by atoms with van der Waals surface area (Å²) in [5, 5.41) is 3.20. The third-order valence-corrected chi connectivity index (χ3v) is 6.33. The Morgan fingerprint density at radius 1 is 1.20 bits per heavy atom. The van der Waals surface area contributed by atoms with Gasteiger partial charge < -0.3 is 10.2 Å². The second kappa shape index (κ2) is 9.73. The van der Waals surface area contributed by atoms with E-state index in [1.54, 1.807) is 7.05 Å². The Morgan fingerprint density at radius 3 is 2.40 bits per heavy atom. The Kier molecular flexibility index (Phi) is 7.96. The minimum absolute atomic E-state index is 0.0893. The van der Waals surface area contributed by atoms with Crippen LogP contribution >= 0.6 is 0 Å². The highest BCUT2D eigenvalue weighted by atomic mass is 32.2. The van der Waals surface area contributed by atoms with Gasteiger partial charge in [-0.1, -0.05) is 20.3 Å². The third-order valence-electron chi connectivity index (χ3n) is 4.98. The number of nitrogens with one attached hydrogen (secondary N) is 2. The summed E-state index contributed by atoms with van der Waals surface area (Å²) in [5.74, 6) is 2.11. The van der Waals surface area contributed by atoms with Crippen molar-refractivity contribution in [1.29, 1.82) is 0 Å². The van der Waals surface area contributed by atoms with E-state index < -0.39 is 10.0 Å². The molecule has 0 amide bonds. The Labute approximate surface area is 153 Å². The maximum atomic E-state index is 12.1. The summed E-state index contributed by atoms with van der Waals surface area (Å²) >= 11 is 0. The van der Waals surface area contributed by atoms with E-state index in [0.29, 0.717) is 24.9 Å². The van der Waals surface area contributed by atoms with Crippen molar-refractivity contribution in [1.82, 2.24) is 19.8 Å². The predicted octanol–water partition coefficient (Wildman–Crippen LogP) is 0.555. The van der Waals surface area contributed by atoms with Gasteiger partial charge in [-0.25, -0.2) is 13.1 Å². The highest BCUT2D eigenvalue weighted by Gasteiger charge is 2.22. The number of hydrogen-bond acceptors (Lipinski definition) is 4. The Bertz CT molecular complexity index is 523. The maximum Gasteiger partial charge on any atom is 0.213 e. The zero-order chi connectivity index (χ0) is 18.3. The molecule has 1 aliphatic heterocycles. The molecule has 1 saturated heterocycles. The van der Waals surface area contributed by atoms with Gasteiger partial charge in [0.2, 0.25) is 10.0 Å². The average molecular weight is 374 g/mol. The number of hydrogen-bond donors (Lipinski definition) is 2. The summed E-state index contributed by atoms with van der Waals surface area (Å²) in [6.45, 7) is 10.5. The van der Waals surface area contributed by atoms with Crippen LogP contribution in [0.5, 0.6) is 0 Å². The normalized spacial score (nSPS) is 20.8. The smallest absolute Gasteiger partial charge is 0.213 e. The maximum absolute atomic E-state index is 12.1. The van der Waals surface area contributed by atoms with Crippen LogP contribution < -0.4 is 10.0 Å². The number of aliphatic imine (C=N–C) groups is 1. The standard InChI is InChI=1S/C17H35N5O2S/c1-15(2)14-21-8-10-22(11-9-21)17(18-3)19-7-12-25(23,24)20-13-16-5-4-6-16/h15-16,20H,4-14H2,1-3H3,(H,18,19). The third kappa shape index (κ3) is 7.11. The fraction of sp³-hybridized carbons (Fsp3) is 0.941. The van der Waals surface area contributed by atoms with Crippen LogP contribution in [-0.2, 0) is 10.0 Å². The van der Waals surface area contributed by atoms with Crippen molar-refractivity contribution in [2.45, 2.75) is 33.1 Å². The van der Waals surface area contributed by atoms with Crippen molar-refractivity contribution < 1.29 is 8.42 Å². The summed E-state index contributed by atoms with van der Waals surface area (Å²) in [4.78, 5) is 9.00. The van der Waals surface area contributed by atoms with Crippen molar-refractivity contribution in [2.24, 2.45) is 16.8 Å². The minimum Gasteiger partial charge on any atom is -0.355 e. The molecule has 0 aromatic heterocycles. The molecule has 0 unspecified atom stereocenters. The van der Waals surface area contributed by atoms with Gasteiger partial charge in [-0.05, 0) is 24.7 Å². The first-order chi connectivity index (χ1) is 11.9. The molecule has 1 saturated carbocycles. The fourth-order valence-electron chi connectivity index (χ4n) is 3.30. The largest absolute Gasteiger partial charge is 0.355 e. The van der Waals surface area contributed by atoms with Gasteiger partial charge in [0.1, 0.15) is 0 Å². The van der Waals surface area contributed by atoms with E-state index in [0.717, 1.165) is 51.5 Å². The van der Waals surface area contributed by atoms with Gasteiger partial charge in [0.15, 0.2) is 5.96 Å². The molecule has 2 rings (SSSR count). The molecule has 0 atom stereocenters. The van der Waals surface area contributed by atoms with Crippen molar-refractivity contribution in [2.75, 3.05) is 58.6 Å². The molecule has 2 aliphatic rings. The number of rotatable bonds is 8. The van der Waals surface area contributed by atoms with E-state index in [-0.39, 0.29) is 5.75 Å². The zero-order valence-electron chi connectivity index (χ0n) is 16.0. The van der Waals surface area contributed by atoms with Crippen molar-refractivity contribution in [3.8, 4) is 0 Å². The highest BCUT2D eigenvalue weighted by Crippen LogP contribution is 2.25. The molecule has 8 heteroatoms. The first kappa shape index (κ1) is 20.5. The molecule has 0 aromatic carbocycles. The van der Waals surface area contributed by atoms with Gasteiger partial charge in [-0.15, -0.1) is 0 Å². The van der Waals surface area contributed by atoms with Crippen molar-refractivity contribution >= 4 is 16.0 Å². The van der Waals surface area contributed by atoms with Crippen LogP contribution in [0.1, 0.15) is 33.1 Å². The topological polar surface area (TPSA) is 77.0 Å². The Balaban J connectivity index is 1.68. The van der Waals surface area contributed by atoms with Crippen molar-refractivity contribution in [3.63, 3.8) is 0 Å². The molecule has 0 spiro atoms. The lowest BCUT2D eigenvalue weighted by Crippen LogP contribution is -2.53. The molecule has 146 valence electrons. The SMILES string of the molecule is CN=C(NCCS(=O)(=O)NCC1CCC1)N1CCN(CC(C)C)CC1. The van der Waals surface area contributed by atoms with E-state index in [1.807, 2.05) is 0 Å². The summed E-state index contributed by atoms with van der Waals surface area (Å²) in [6, 6.07) is 0. The number of guanidine groups is 1. The summed E-state index contributed by atoms with van der Waals surface area (Å²) in [6.07, 6.45) is 3.53. The van der Waals surface area contributed by atoms with Gasteiger partial charge in [0, 0.05) is 52.9 Å². The summed E-state index contributed by atoms with van der Waals surface area (Å²) in [7, 11) is -1.45. The number of piperazine rings is 1. The van der Waals surface area contributed by atoms with Crippen LogP contribution in [-0.4, -0.2) is 82.8 Å². The molecule has 0 radical (unpaired) electrons. The molecule has 2 fully saturated rings. The van der Waals surface area contributed by atoms with Gasteiger partial charge >= 0.3 is 0 Å². The number of sulfonamides is 1. The van der Waals surface area contributed by atoms with Gasteiger partial charge in [0.25, 0.3) is 0 Å². The Hall–Kier alpha value is -0.860. The lowest BCUT2D eigenvalue weighted by atomic mass is 9.86. The van der Waals surface area contributed by atoms with Gasteiger partial charge in [-0.3, -0.25) is 9.89 Å².